The van der Waals surface area contributed by atoms with Gasteiger partial charge in [-0.15, -0.1) is 0 Å². The third-order valence-electron chi connectivity index (χ3n) is 3.68. The summed E-state index contributed by atoms with van der Waals surface area (Å²) in [6, 6.07) is 15.9. The fourth-order valence-corrected chi connectivity index (χ4v) is 2.62. The molecule has 0 saturated heterocycles. The van der Waals surface area contributed by atoms with E-state index in [0.29, 0.717) is 22.8 Å². The molecule has 0 aliphatic heterocycles. The molecule has 5 heteroatoms. The van der Waals surface area contributed by atoms with Crippen LogP contribution in [-0.2, 0) is 6.42 Å². The molecule has 0 unspecified atom stereocenters. The molecule has 0 saturated carbocycles. The summed E-state index contributed by atoms with van der Waals surface area (Å²) >= 11 is 5.94. The van der Waals surface area contributed by atoms with E-state index in [9.17, 15) is 8.78 Å². The zero-order valence-electron chi connectivity index (χ0n) is 13.4. The maximum atomic E-state index is 15.0. The number of ether oxygens (including phenoxy) is 2. The summed E-state index contributed by atoms with van der Waals surface area (Å²) in [5, 5.41) is 0.486. The molecular formula is C20H15ClF2O2. The van der Waals surface area contributed by atoms with Gasteiger partial charge in [0, 0.05) is 11.4 Å². The first-order valence-electron chi connectivity index (χ1n) is 7.60. The minimum absolute atomic E-state index is 0.00983. The van der Waals surface area contributed by atoms with Gasteiger partial charge in [-0.25, -0.2) is 8.78 Å². The number of hydrogen-bond donors (Lipinski definition) is 0. The standard InChI is InChI=1S/C20H15ClF2O2/c1-24-18-10-7-14(11-13-5-8-16(22)9-6-13)19(23)20(18)25-17-4-2-3-15(21)12-17/h2-10,12H,11H2,1H3. The molecule has 25 heavy (non-hydrogen) atoms. The normalized spacial score (nSPS) is 10.6. The molecule has 0 aliphatic rings. The topological polar surface area (TPSA) is 18.5 Å². The lowest BCUT2D eigenvalue weighted by atomic mass is 10.0. The maximum Gasteiger partial charge on any atom is 0.205 e. The second-order valence-electron chi connectivity index (χ2n) is 5.43. The Morgan fingerprint density at radius 2 is 1.72 bits per heavy atom. The number of benzene rings is 3. The molecule has 3 aromatic carbocycles. The number of rotatable bonds is 5. The highest BCUT2D eigenvalue weighted by atomic mass is 35.5. The summed E-state index contributed by atoms with van der Waals surface area (Å²) in [5.41, 5.74) is 1.21. The van der Waals surface area contributed by atoms with Gasteiger partial charge in [-0.05, 0) is 47.5 Å². The van der Waals surface area contributed by atoms with Crippen LogP contribution in [0.4, 0.5) is 8.78 Å². The highest BCUT2D eigenvalue weighted by Crippen LogP contribution is 2.37. The Bertz CT molecular complexity index is 879. The zero-order valence-corrected chi connectivity index (χ0v) is 14.2. The van der Waals surface area contributed by atoms with Crippen LogP contribution in [0.5, 0.6) is 17.2 Å². The van der Waals surface area contributed by atoms with Gasteiger partial charge in [0.25, 0.3) is 0 Å². The maximum absolute atomic E-state index is 15.0. The highest BCUT2D eigenvalue weighted by Gasteiger charge is 2.17. The monoisotopic (exact) mass is 360 g/mol. The predicted octanol–water partition coefficient (Wildman–Crippen LogP) is 6.01. The van der Waals surface area contributed by atoms with Gasteiger partial charge in [0.05, 0.1) is 7.11 Å². The fourth-order valence-electron chi connectivity index (χ4n) is 2.44. The fraction of sp³-hybridized carbons (Fsp3) is 0.100. The quantitative estimate of drug-likeness (QED) is 0.554. The van der Waals surface area contributed by atoms with Gasteiger partial charge in [-0.3, -0.25) is 0 Å². The van der Waals surface area contributed by atoms with Gasteiger partial charge in [0.1, 0.15) is 11.6 Å². The van der Waals surface area contributed by atoms with Gasteiger partial charge in [0.15, 0.2) is 11.6 Å². The van der Waals surface area contributed by atoms with Crippen molar-refractivity contribution in [3.63, 3.8) is 0 Å². The lowest BCUT2D eigenvalue weighted by Crippen LogP contribution is -1.99. The van der Waals surface area contributed by atoms with Crippen LogP contribution in [0.1, 0.15) is 11.1 Å². The van der Waals surface area contributed by atoms with Crippen LogP contribution in [0.25, 0.3) is 0 Å². The van der Waals surface area contributed by atoms with E-state index in [-0.39, 0.29) is 17.3 Å². The Morgan fingerprint density at radius 3 is 2.40 bits per heavy atom. The van der Waals surface area contributed by atoms with Crippen molar-refractivity contribution in [3.8, 4) is 17.2 Å². The van der Waals surface area contributed by atoms with E-state index in [1.165, 1.54) is 19.2 Å². The van der Waals surface area contributed by atoms with Crippen LogP contribution < -0.4 is 9.47 Å². The summed E-state index contributed by atoms with van der Waals surface area (Å²) in [6.45, 7) is 0. The molecule has 0 aromatic heterocycles. The minimum atomic E-state index is -0.524. The molecular weight excluding hydrogens is 346 g/mol. The molecule has 0 spiro atoms. The molecule has 0 aliphatic carbocycles. The lowest BCUT2D eigenvalue weighted by molar-refractivity contribution is 0.363. The van der Waals surface area contributed by atoms with Gasteiger partial charge < -0.3 is 9.47 Å². The first-order chi connectivity index (χ1) is 12.1. The van der Waals surface area contributed by atoms with Gasteiger partial charge in [0.2, 0.25) is 5.75 Å². The van der Waals surface area contributed by atoms with Gasteiger partial charge in [-0.2, -0.15) is 0 Å². The van der Waals surface area contributed by atoms with Gasteiger partial charge in [-0.1, -0.05) is 35.9 Å². The Hall–Kier alpha value is -2.59. The SMILES string of the molecule is COc1ccc(Cc2ccc(F)cc2)c(F)c1Oc1cccc(Cl)c1. The molecule has 0 atom stereocenters. The van der Waals surface area contributed by atoms with Crippen molar-refractivity contribution < 1.29 is 18.3 Å². The van der Waals surface area contributed by atoms with Crippen molar-refractivity contribution in [3.05, 3.63) is 88.4 Å². The van der Waals surface area contributed by atoms with E-state index in [0.717, 1.165) is 5.56 Å². The minimum Gasteiger partial charge on any atom is -0.493 e. The molecule has 2 nitrogen and oxygen atoms in total. The summed E-state index contributed by atoms with van der Waals surface area (Å²) in [7, 11) is 1.44. The van der Waals surface area contributed by atoms with Gasteiger partial charge >= 0.3 is 0 Å². The number of methoxy groups -OCH3 is 1. The zero-order chi connectivity index (χ0) is 17.8. The average Bonchev–Trinajstić information content (AvgIpc) is 2.60. The van der Waals surface area contributed by atoms with E-state index in [4.69, 9.17) is 21.1 Å². The van der Waals surface area contributed by atoms with Crippen LogP contribution in [0, 0.1) is 11.6 Å². The average molecular weight is 361 g/mol. The summed E-state index contributed by atoms with van der Waals surface area (Å²) < 4.78 is 38.8. The molecule has 3 aromatic rings. The first kappa shape index (κ1) is 17.2. The van der Waals surface area contributed by atoms with Crippen LogP contribution in [0.3, 0.4) is 0 Å². The molecule has 0 heterocycles. The lowest BCUT2D eigenvalue weighted by Gasteiger charge is -2.14. The first-order valence-corrected chi connectivity index (χ1v) is 7.98. The smallest absolute Gasteiger partial charge is 0.205 e. The summed E-state index contributed by atoms with van der Waals surface area (Å²) in [4.78, 5) is 0. The van der Waals surface area contributed by atoms with E-state index in [2.05, 4.69) is 0 Å². The molecule has 3 rings (SSSR count). The molecule has 0 amide bonds. The number of halogens is 3. The molecule has 128 valence electrons. The summed E-state index contributed by atoms with van der Waals surface area (Å²) in [6.07, 6.45) is 0.308. The Labute approximate surface area is 149 Å². The second kappa shape index (κ2) is 7.53. The Morgan fingerprint density at radius 1 is 0.960 bits per heavy atom. The Kier molecular flexibility index (Phi) is 5.19. The third kappa shape index (κ3) is 4.09. The molecule has 0 N–H and O–H groups in total. The van der Waals surface area contributed by atoms with Crippen molar-refractivity contribution in [2.45, 2.75) is 6.42 Å². The largest absolute Gasteiger partial charge is 0.493 e. The highest BCUT2D eigenvalue weighted by molar-refractivity contribution is 6.30. The van der Waals surface area contributed by atoms with Crippen LogP contribution >= 0.6 is 11.6 Å². The van der Waals surface area contributed by atoms with E-state index < -0.39 is 5.82 Å². The molecule has 0 radical (unpaired) electrons. The van der Waals surface area contributed by atoms with Crippen LogP contribution in [0.15, 0.2) is 60.7 Å². The van der Waals surface area contributed by atoms with Crippen LogP contribution in [0.2, 0.25) is 5.02 Å². The molecule has 0 fully saturated rings. The van der Waals surface area contributed by atoms with E-state index in [1.54, 1.807) is 48.5 Å². The third-order valence-corrected chi connectivity index (χ3v) is 3.92. The van der Waals surface area contributed by atoms with Crippen molar-refractivity contribution in [1.29, 1.82) is 0 Å². The Balaban J connectivity index is 1.94. The van der Waals surface area contributed by atoms with Crippen LogP contribution in [-0.4, -0.2) is 7.11 Å². The van der Waals surface area contributed by atoms with Crippen molar-refractivity contribution >= 4 is 11.6 Å². The van der Waals surface area contributed by atoms with Crippen molar-refractivity contribution in [2.24, 2.45) is 0 Å². The summed E-state index contributed by atoms with van der Waals surface area (Å²) in [5.74, 6) is -0.180. The van der Waals surface area contributed by atoms with Crippen molar-refractivity contribution in [1.82, 2.24) is 0 Å². The second-order valence-corrected chi connectivity index (χ2v) is 5.87. The van der Waals surface area contributed by atoms with E-state index >= 15 is 0 Å². The predicted molar refractivity (Wildman–Crippen MR) is 93.7 cm³/mol. The molecule has 0 bridgehead atoms. The number of hydrogen-bond acceptors (Lipinski definition) is 2. The van der Waals surface area contributed by atoms with E-state index in [1.807, 2.05) is 0 Å². The van der Waals surface area contributed by atoms with Crippen molar-refractivity contribution in [2.75, 3.05) is 7.11 Å².